The van der Waals surface area contributed by atoms with E-state index in [2.05, 4.69) is 0 Å². The second-order valence-corrected chi connectivity index (χ2v) is 3.48. The van der Waals surface area contributed by atoms with Crippen molar-refractivity contribution in [3.63, 3.8) is 0 Å². The zero-order valence-corrected chi connectivity index (χ0v) is 6.62. The van der Waals surface area contributed by atoms with E-state index in [4.69, 9.17) is 5.73 Å². The summed E-state index contributed by atoms with van der Waals surface area (Å²) in [6.45, 7) is 1.58. The van der Waals surface area contributed by atoms with Crippen molar-refractivity contribution in [1.29, 1.82) is 0 Å². The Labute approximate surface area is 66.5 Å². The zero-order valence-electron chi connectivity index (χ0n) is 6.62. The fourth-order valence-corrected chi connectivity index (χ4v) is 1.54. The van der Waals surface area contributed by atoms with Crippen molar-refractivity contribution < 1.29 is 4.79 Å². The number of hydrogen-bond donors (Lipinski definition) is 1. The van der Waals surface area contributed by atoms with E-state index in [0.717, 1.165) is 25.8 Å². The first-order valence-corrected chi connectivity index (χ1v) is 4.33. The van der Waals surface area contributed by atoms with Crippen molar-refractivity contribution in [3.05, 3.63) is 0 Å². The summed E-state index contributed by atoms with van der Waals surface area (Å²) in [5, 5.41) is 0. The summed E-state index contributed by atoms with van der Waals surface area (Å²) in [7, 11) is 0. The van der Waals surface area contributed by atoms with Crippen LogP contribution < -0.4 is 5.73 Å². The van der Waals surface area contributed by atoms with Crippen molar-refractivity contribution in [2.75, 3.05) is 13.1 Å². The summed E-state index contributed by atoms with van der Waals surface area (Å²) >= 11 is 0. The van der Waals surface area contributed by atoms with E-state index in [1.54, 1.807) is 0 Å². The highest BCUT2D eigenvalue weighted by atomic mass is 16.2. The van der Waals surface area contributed by atoms with Crippen LogP contribution in [0.5, 0.6) is 0 Å². The first-order valence-electron chi connectivity index (χ1n) is 4.33. The number of nitrogens with two attached hydrogens (primary N) is 1. The van der Waals surface area contributed by atoms with Gasteiger partial charge in [-0.25, -0.2) is 0 Å². The maximum atomic E-state index is 11.4. The topological polar surface area (TPSA) is 46.3 Å². The average Bonchev–Trinajstić information content (AvgIpc) is 2.66. The Morgan fingerprint density at radius 1 is 1.45 bits per heavy atom. The molecule has 1 heterocycles. The predicted molar refractivity (Wildman–Crippen MR) is 41.9 cm³/mol. The molecular weight excluding hydrogens is 140 g/mol. The molecule has 1 atom stereocenters. The third-order valence-electron chi connectivity index (χ3n) is 2.63. The molecule has 0 radical (unpaired) electrons. The van der Waals surface area contributed by atoms with Gasteiger partial charge in [-0.1, -0.05) is 0 Å². The quantitative estimate of drug-likeness (QED) is 0.606. The van der Waals surface area contributed by atoms with Gasteiger partial charge in [-0.15, -0.1) is 0 Å². The van der Waals surface area contributed by atoms with E-state index in [9.17, 15) is 4.79 Å². The lowest BCUT2D eigenvalue weighted by Crippen LogP contribution is -2.55. The smallest absolute Gasteiger partial charge is 0.225 e. The second-order valence-electron chi connectivity index (χ2n) is 3.48. The first-order chi connectivity index (χ1) is 5.33. The standard InChI is InChI=1S/C8H14N2O/c9-5-7-3-4-10(7)8(11)6-1-2-6/h6-7H,1-5,9H2/t7-/m0/s1. The van der Waals surface area contributed by atoms with Gasteiger partial charge in [0.2, 0.25) is 5.91 Å². The number of rotatable bonds is 2. The molecule has 11 heavy (non-hydrogen) atoms. The normalized spacial score (nSPS) is 29.9. The van der Waals surface area contributed by atoms with Gasteiger partial charge < -0.3 is 10.6 Å². The molecule has 3 heteroatoms. The van der Waals surface area contributed by atoms with Crippen molar-refractivity contribution in [2.24, 2.45) is 11.7 Å². The van der Waals surface area contributed by atoms with Crippen molar-refractivity contribution in [1.82, 2.24) is 4.90 Å². The van der Waals surface area contributed by atoms with Crippen LogP contribution in [0.25, 0.3) is 0 Å². The van der Waals surface area contributed by atoms with Gasteiger partial charge in [-0.2, -0.15) is 0 Å². The molecule has 1 aliphatic heterocycles. The van der Waals surface area contributed by atoms with Gasteiger partial charge in [0, 0.05) is 25.0 Å². The molecule has 0 spiro atoms. The molecule has 0 aromatic carbocycles. The van der Waals surface area contributed by atoms with E-state index in [1.165, 1.54) is 0 Å². The van der Waals surface area contributed by atoms with E-state index in [-0.39, 0.29) is 0 Å². The van der Waals surface area contributed by atoms with E-state index < -0.39 is 0 Å². The lowest BCUT2D eigenvalue weighted by Gasteiger charge is -2.40. The summed E-state index contributed by atoms with van der Waals surface area (Å²) in [5.41, 5.74) is 5.49. The lowest BCUT2D eigenvalue weighted by atomic mass is 10.0. The molecular formula is C8H14N2O. The van der Waals surface area contributed by atoms with Gasteiger partial charge in [-0.05, 0) is 19.3 Å². The number of amides is 1. The highest BCUT2D eigenvalue weighted by Gasteiger charge is 2.39. The molecule has 1 saturated heterocycles. The van der Waals surface area contributed by atoms with Gasteiger partial charge in [0.25, 0.3) is 0 Å². The van der Waals surface area contributed by atoms with Crippen LogP contribution in [0.2, 0.25) is 0 Å². The molecule has 3 nitrogen and oxygen atoms in total. The number of nitrogens with zero attached hydrogens (tertiary/aromatic N) is 1. The van der Waals surface area contributed by atoms with Crippen LogP contribution in [-0.2, 0) is 4.79 Å². The van der Waals surface area contributed by atoms with E-state index in [0.29, 0.717) is 24.4 Å². The summed E-state index contributed by atoms with van der Waals surface area (Å²) in [4.78, 5) is 13.4. The third kappa shape index (κ3) is 1.13. The second kappa shape index (κ2) is 2.48. The third-order valence-corrected chi connectivity index (χ3v) is 2.63. The average molecular weight is 154 g/mol. The number of hydrogen-bond acceptors (Lipinski definition) is 2. The van der Waals surface area contributed by atoms with Crippen molar-refractivity contribution in [3.8, 4) is 0 Å². The Balaban J connectivity index is 1.88. The van der Waals surface area contributed by atoms with Gasteiger partial charge in [0.1, 0.15) is 0 Å². The van der Waals surface area contributed by atoms with Crippen LogP contribution in [0.3, 0.4) is 0 Å². The summed E-state index contributed by atoms with van der Waals surface area (Å²) in [6, 6.07) is 0.364. The fourth-order valence-electron chi connectivity index (χ4n) is 1.54. The highest BCUT2D eigenvalue weighted by Crippen LogP contribution is 2.33. The van der Waals surface area contributed by atoms with Gasteiger partial charge in [-0.3, -0.25) is 4.79 Å². The number of likely N-dealkylation sites (tertiary alicyclic amines) is 1. The van der Waals surface area contributed by atoms with E-state index in [1.807, 2.05) is 4.90 Å². The van der Waals surface area contributed by atoms with Gasteiger partial charge in [0.05, 0.1) is 0 Å². The number of carbonyl (C=O) groups is 1. The Bertz CT molecular complexity index is 175. The van der Waals surface area contributed by atoms with Crippen LogP contribution in [0.1, 0.15) is 19.3 Å². The molecule has 2 fully saturated rings. The SMILES string of the molecule is NC[C@@H]1CCN1C(=O)C1CC1. The minimum absolute atomic E-state index is 0.353. The molecule has 1 saturated carbocycles. The molecule has 2 aliphatic rings. The molecule has 2 rings (SSSR count). The van der Waals surface area contributed by atoms with Crippen LogP contribution >= 0.6 is 0 Å². The molecule has 0 unspecified atom stereocenters. The first kappa shape index (κ1) is 7.10. The molecule has 1 aliphatic carbocycles. The van der Waals surface area contributed by atoms with Crippen LogP contribution in [0.15, 0.2) is 0 Å². The van der Waals surface area contributed by atoms with Crippen LogP contribution in [0.4, 0.5) is 0 Å². The summed E-state index contributed by atoms with van der Waals surface area (Å²) in [5.74, 6) is 0.719. The molecule has 0 aromatic rings. The Morgan fingerprint density at radius 2 is 2.18 bits per heavy atom. The maximum Gasteiger partial charge on any atom is 0.225 e. The molecule has 0 aromatic heterocycles. The molecule has 1 amide bonds. The van der Waals surface area contributed by atoms with Crippen LogP contribution in [-0.4, -0.2) is 29.9 Å². The van der Waals surface area contributed by atoms with Gasteiger partial charge >= 0.3 is 0 Å². The minimum atomic E-state index is 0.353. The van der Waals surface area contributed by atoms with Gasteiger partial charge in [0.15, 0.2) is 0 Å². The zero-order chi connectivity index (χ0) is 7.84. The summed E-state index contributed by atoms with van der Waals surface area (Å²) in [6.07, 6.45) is 3.31. The molecule has 0 bridgehead atoms. The minimum Gasteiger partial charge on any atom is -0.338 e. The van der Waals surface area contributed by atoms with Crippen molar-refractivity contribution >= 4 is 5.91 Å². The Hall–Kier alpha value is -0.570. The molecule has 2 N–H and O–H groups in total. The Kier molecular flexibility index (Phi) is 1.60. The van der Waals surface area contributed by atoms with Crippen LogP contribution in [0, 0.1) is 5.92 Å². The highest BCUT2D eigenvalue weighted by molar-refractivity contribution is 5.82. The fraction of sp³-hybridized carbons (Fsp3) is 0.875. The largest absolute Gasteiger partial charge is 0.338 e. The maximum absolute atomic E-state index is 11.4. The Morgan fingerprint density at radius 3 is 2.55 bits per heavy atom. The summed E-state index contributed by atoms with van der Waals surface area (Å²) < 4.78 is 0. The predicted octanol–water partition coefficient (Wildman–Crippen LogP) is -0.0440. The number of carbonyl (C=O) groups excluding carboxylic acids is 1. The van der Waals surface area contributed by atoms with E-state index >= 15 is 0 Å². The monoisotopic (exact) mass is 154 g/mol. The van der Waals surface area contributed by atoms with Crippen molar-refractivity contribution in [2.45, 2.75) is 25.3 Å². The molecule has 62 valence electrons. The lowest BCUT2D eigenvalue weighted by molar-refractivity contribution is -0.139.